The molecule has 3 rings (SSSR count). The molecule has 21 heavy (non-hydrogen) atoms. The van der Waals surface area contributed by atoms with Gasteiger partial charge in [-0.15, -0.1) is 0 Å². The first kappa shape index (κ1) is 14.0. The Bertz CT molecular complexity index is 610. The number of nitrogens with zero attached hydrogens (tertiary/aromatic N) is 2. The highest BCUT2D eigenvalue weighted by Crippen LogP contribution is 2.27. The van der Waals surface area contributed by atoms with Gasteiger partial charge in [-0.05, 0) is 44.0 Å². The van der Waals surface area contributed by atoms with Crippen molar-refractivity contribution in [1.82, 2.24) is 15.3 Å². The molecule has 0 saturated heterocycles. The standard InChI is InChI=1S/C17H21N3O/c1-12-10-20-16(11-19-12)15(18-2)5-3-13-4-6-17-14(9-13)7-8-21-17/h4,6,9-11,15,18H,3,5,7-8H2,1-2H3. The van der Waals surface area contributed by atoms with Crippen LogP contribution in [0.25, 0.3) is 0 Å². The normalized spacial score (nSPS) is 14.6. The predicted molar refractivity (Wildman–Crippen MR) is 82.5 cm³/mol. The van der Waals surface area contributed by atoms with E-state index in [0.29, 0.717) is 0 Å². The molecule has 4 nitrogen and oxygen atoms in total. The van der Waals surface area contributed by atoms with Crippen LogP contribution in [0.1, 0.15) is 35.0 Å². The van der Waals surface area contributed by atoms with E-state index in [-0.39, 0.29) is 6.04 Å². The fourth-order valence-electron chi connectivity index (χ4n) is 2.73. The molecular weight excluding hydrogens is 262 g/mol. The highest BCUT2D eigenvalue weighted by atomic mass is 16.5. The van der Waals surface area contributed by atoms with E-state index < -0.39 is 0 Å². The molecule has 1 aliphatic rings. The molecule has 2 heterocycles. The Morgan fingerprint density at radius 1 is 1.29 bits per heavy atom. The SMILES string of the molecule is CNC(CCc1ccc2c(c1)CCO2)c1cnc(C)cn1. The zero-order valence-corrected chi connectivity index (χ0v) is 12.6. The number of aromatic nitrogens is 2. The first-order valence-corrected chi connectivity index (χ1v) is 7.46. The highest BCUT2D eigenvalue weighted by molar-refractivity contribution is 5.39. The number of fused-ring (bicyclic) bond motifs is 1. The zero-order chi connectivity index (χ0) is 14.7. The third-order valence-corrected chi connectivity index (χ3v) is 3.98. The quantitative estimate of drug-likeness (QED) is 0.916. The first-order valence-electron chi connectivity index (χ1n) is 7.46. The van der Waals surface area contributed by atoms with Gasteiger partial charge >= 0.3 is 0 Å². The van der Waals surface area contributed by atoms with Crippen LogP contribution in [0, 0.1) is 6.92 Å². The van der Waals surface area contributed by atoms with Crippen LogP contribution >= 0.6 is 0 Å². The number of hydrogen-bond donors (Lipinski definition) is 1. The second-order valence-corrected chi connectivity index (χ2v) is 5.50. The molecule has 1 aromatic heterocycles. The molecule has 1 unspecified atom stereocenters. The maximum atomic E-state index is 5.55. The minimum Gasteiger partial charge on any atom is -0.493 e. The smallest absolute Gasteiger partial charge is 0.122 e. The van der Waals surface area contributed by atoms with E-state index >= 15 is 0 Å². The van der Waals surface area contributed by atoms with Crippen molar-refractivity contribution in [3.05, 3.63) is 53.1 Å². The van der Waals surface area contributed by atoms with Crippen molar-refractivity contribution in [2.24, 2.45) is 0 Å². The largest absolute Gasteiger partial charge is 0.493 e. The summed E-state index contributed by atoms with van der Waals surface area (Å²) >= 11 is 0. The maximum absolute atomic E-state index is 5.55. The van der Waals surface area contributed by atoms with Crippen molar-refractivity contribution in [3.63, 3.8) is 0 Å². The minimum absolute atomic E-state index is 0.239. The average Bonchev–Trinajstić information content (AvgIpc) is 2.97. The molecular formula is C17H21N3O. The lowest BCUT2D eigenvalue weighted by atomic mass is 10.0. The Kier molecular flexibility index (Phi) is 4.15. The Labute approximate surface area is 125 Å². The van der Waals surface area contributed by atoms with Crippen molar-refractivity contribution >= 4 is 0 Å². The van der Waals surface area contributed by atoms with E-state index in [0.717, 1.165) is 43.0 Å². The van der Waals surface area contributed by atoms with Crippen molar-refractivity contribution in [2.75, 3.05) is 13.7 Å². The Morgan fingerprint density at radius 3 is 2.95 bits per heavy atom. The van der Waals surface area contributed by atoms with Crippen LogP contribution in [0.4, 0.5) is 0 Å². The van der Waals surface area contributed by atoms with Crippen LogP contribution in [0.3, 0.4) is 0 Å². The van der Waals surface area contributed by atoms with E-state index in [1.165, 1.54) is 11.1 Å². The second kappa shape index (κ2) is 6.22. The second-order valence-electron chi connectivity index (χ2n) is 5.50. The van der Waals surface area contributed by atoms with Crippen molar-refractivity contribution in [2.45, 2.75) is 32.2 Å². The average molecular weight is 283 g/mol. The van der Waals surface area contributed by atoms with Crippen LogP contribution in [0.5, 0.6) is 5.75 Å². The third-order valence-electron chi connectivity index (χ3n) is 3.98. The molecule has 1 aliphatic heterocycles. The van der Waals surface area contributed by atoms with Gasteiger partial charge in [-0.1, -0.05) is 12.1 Å². The van der Waals surface area contributed by atoms with E-state index in [2.05, 4.69) is 33.5 Å². The fourth-order valence-corrected chi connectivity index (χ4v) is 2.73. The predicted octanol–water partition coefficient (Wildman–Crippen LogP) is 2.61. The van der Waals surface area contributed by atoms with Crippen molar-refractivity contribution in [3.8, 4) is 5.75 Å². The van der Waals surface area contributed by atoms with Crippen LogP contribution in [-0.2, 0) is 12.8 Å². The van der Waals surface area contributed by atoms with Crippen LogP contribution in [0.15, 0.2) is 30.6 Å². The topological polar surface area (TPSA) is 47.0 Å². The zero-order valence-electron chi connectivity index (χ0n) is 12.6. The number of nitrogens with one attached hydrogen (secondary N) is 1. The number of hydrogen-bond acceptors (Lipinski definition) is 4. The van der Waals surface area contributed by atoms with E-state index in [1.54, 1.807) is 0 Å². The Balaban J connectivity index is 1.66. The summed E-state index contributed by atoms with van der Waals surface area (Å²) in [5.41, 5.74) is 4.66. The van der Waals surface area contributed by atoms with Gasteiger partial charge in [0.1, 0.15) is 5.75 Å². The Morgan fingerprint density at radius 2 is 2.19 bits per heavy atom. The van der Waals surface area contributed by atoms with Crippen LogP contribution < -0.4 is 10.1 Å². The van der Waals surface area contributed by atoms with Crippen LogP contribution in [0.2, 0.25) is 0 Å². The summed E-state index contributed by atoms with van der Waals surface area (Å²) in [6, 6.07) is 6.77. The molecule has 0 amide bonds. The first-order chi connectivity index (χ1) is 10.3. The van der Waals surface area contributed by atoms with E-state index in [1.807, 2.05) is 26.4 Å². The van der Waals surface area contributed by atoms with Crippen molar-refractivity contribution in [1.29, 1.82) is 0 Å². The van der Waals surface area contributed by atoms with Gasteiger partial charge in [0.25, 0.3) is 0 Å². The van der Waals surface area contributed by atoms with Crippen LogP contribution in [-0.4, -0.2) is 23.6 Å². The summed E-state index contributed by atoms with van der Waals surface area (Å²) in [6.45, 7) is 2.77. The minimum atomic E-state index is 0.239. The lowest BCUT2D eigenvalue weighted by Gasteiger charge is -2.15. The van der Waals surface area contributed by atoms with E-state index in [9.17, 15) is 0 Å². The van der Waals surface area contributed by atoms with Gasteiger partial charge in [-0.2, -0.15) is 0 Å². The molecule has 4 heteroatoms. The number of ether oxygens (including phenoxy) is 1. The van der Waals surface area contributed by atoms with Gasteiger partial charge in [0.05, 0.1) is 30.2 Å². The lowest BCUT2D eigenvalue weighted by molar-refractivity contribution is 0.357. The summed E-state index contributed by atoms with van der Waals surface area (Å²) in [7, 11) is 1.97. The molecule has 0 fully saturated rings. The lowest BCUT2D eigenvalue weighted by Crippen LogP contribution is -2.18. The molecule has 0 bridgehead atoms. The van der Waals surface area contributed by atoms with E-state index in [4.69, 9.17) is 4.74 Å². The van der Waals surface area contributed by atoms with Gasteiger partial charge in [0, 0.05) is 12.6 Å². The number of rotatable bonds is 5. The molecule has 1 aromatic carbocycles. The van der Waals surface area contributed by atoms with Gasteiger partial charge < -0.3 is 10.1 Å². The third kappa shape index (κ3) is 3.22. The summed E-state index contributed by atoms with van der Waals surface area (Å²) in [4.78, 5) is 8.81. The fraction of sp³-hybridized carbons (Fsp3) is 0.412. The molecule has 110 valence electrons. The molecule has 1 atom stereocenters. The summed E-state index contributed by atoms with van der Waals surface area (Å²) in [5, 5.41) is 3.33. The summed E-state index contributed by atoms with van der Waals surface area (Å²) < 4.78 is 5.55. The molecule has 0 saturated carbocycles. The Hall–Kier alpha value is -1.94. The monoisotopic (exact) mass is 283 g/mol. The van der Waals surface area contributed by atoms with Gasteiger partial charge in [0.2, 0.25) is 0 Å². The number of aryl methyl sites for hydroxylation is 2. The molecule has 1 N–H and O–H groups in total. The van der Waals surface area contributed by atoms with Gasteiger partial charge in [-0.3, -0.25) is 9.97 Å². The van der Waals surface area contributed by atoms with Gasteiger partial charge in [0.15, 0.2) is 0 Å². The summed E-state index contributed by atoms with van der Waals surface area (Å²) in [5.74, 6) is 1.05. The summed E-state index contributed by atoms with van der Waals surface area (Å²) in [6.07, 6.45) is 6.75. The van der Waals surface area contributed by atoms with Gasteiger partial charge in [-0.25, -0.2) is 0 Å². The van der Waals surface area contributed by atoms with Crippen molar-refractivity contribution < 1.29 is 4.74 Å². The number of benzene rings is 1. The molecule has 2 aromatic rings. The maximum Gasteiger partial charge on any atom is 0.122 e. The molecule has 0 radical (unpaired) electrons. The molecule has 0 aliphatic carbocycles. The highest BCUT2D eigenvalue weighted by Gasteiger charge is 2.14. The molecule has 0 spiro atoms.